The van der Waals surface area contributed by atoms with E-state index in [-0.39, 0.29) is 28.7 Å². The number of fused-ring (bicyclic) bond motifs is 1. The summed E-state index contributed by atoms with van der Waals surface area (Å²) >= 11 is 0. The fourth-order valence-corrected chi connectivity index (χ4v) is 4.87. The van der Waals surface area contributed by atoms with Gasteiger partial charge in [-0.2, -0.15) is 0 Å². The number of nitrogens with zero attached hydrogens (tertiary/aromatic N) is 3. The van der Waals surface area contributed by atoms with Crippen molar-refractivity contribution >= 4 is 40.2 Å². The van der Waals surface area contributed by atoms with Gasteiger partial charge >= 0.3 is 6.09 Å². The van der Waals surface area contributed by atoms with Crippen molar-refractivity contribution in [2.24, 2.45) is 5.41 Å². The van der Waals surface area contributed by atoms with Crippen molar-refractivity contribution in [2.45, 2.75) is 12.8 Å². The lowest BCUT2D eigenvalue weighted by Crippen LogP contribution is -2.38. The summed E-state index contributed by atoms with van der Waals surface area (Å²) in [5, 5.41) is 5.71. The minimum absolute atomic E-state index is 0.128. The lowest BCUT2D eigenvalue weighted by molar-refractivity contribution is -0.131. The number of rotatable bonds is 8. The molecule has 1 aliphatic heterocycles. The third kappa shape index (κ3) is 6.25. The van der Waals surface area contributed by atoms with E-state index in [1.807, 2.05) is 11.9 Å². The predicted octanol–water partition coefficient (Wildman–Crippen LogP) is 5.89. The maximum absolute atomic E-state index is 15.2. The Labute approximate surface area is 262 Å². The van der Waals surface area contributed by atoms with Crippen molar-refractivity contribution in [2.75, 3.05) is 37.9 Å². The Morgan fingerprint density at radius 1 is 0.826 bits per heavy atom. The molecule has 46 heavy (non-hydrogen) atoms. The molecule has 236 valence electrons. The number of likely N-dealkylation sites (N-methyl/N-ethyl adjacent to an activating group) is 1. The molecule has 1 aromatic heterocycles. The van der Waals surface area contributed by atoms with Crippen molar-refractivity contribution in [3.05, 3.63) is 90.9 Å². The van der Waals surface area contributed by atoms with Gasteiger partial charge in [-0.1, -0.05) is 0 Å². The van der Waals surface area contributed by atoms with Gasteiger partial charge in [0.25, 0.3) is 0 Å². The van der Waals surface area contributed by atoms with Crippen LogP contribution in [0.1, 0.15) is 12.8 Å². The quantitative estimate of drug-likeness (QED) is 0.232. The number of halogens is 2. The van der Waals surface area contributed by atoms with Gasteiger partial charge in [-0.15, -0.1) is 0 Å². The molecule has 0 spiro atoms. The molecule has 1 saturated carbocycles. The lowest BCUT2D eigenvalue weighted by Gasteiger charge is -2.26. The third-order valence-electron chi connectivity index (χ3n) is 7.74. The average molecular weight is 630 g/mol. The van der Waals surface area contributed by atoms with E-state index in [1.165, 1.54) is 60.7 Å². The topological polar surface area (TPSA) is 122 Å². The van der Waals surface area contributed by atoms with Crippen LogP contribution in [0.2, 0.25) is 0 Å². The Kier molecular flexibility index (Phi) is 8.14. The fraction of sp³-hybridized carbons (Fsp3) is 0.212. The molecule has 0 saturated heterocycles. The van der Waals surface area contributed by atoms with E-state index in [0.717, 1.165) is 6.07 Å². The van der Waals surface area contributed by atoms with Gasteiger partial charge in [0.05, 0.1) is 12.6 Å². The van der Waals surface area contributed by atoms with Crippen LogP contribution in [-0.2, 0) is 9.59 Å². The number of carbonyl (C=O) groups is 3. The van der Waals surface area contributed by atoms with Crippen LogP contribution in [0.25, 0.3) is 10.9 Å². The number of amides is 3. The van der Waals surface area contributed by atoms with Crippen LogP contribution in [0, 0.1) is 17.0 Å². The van der Waals surface area contributed by atoms with Crippen LogP contribution in [0.15, 0.2) is 79.3 Å². The second kappa shape index (κ2) is 12.3. The van der Waals surface area contributed by atoms with Crippen LogP contribution in [0.3, 0.4) is 0 Å². The average Bonchev–Trinajstić information content (AvgIpc) is 3.86. The number of benzene rings is 3. The Morgan fingerprint density at radius 2 is 1.54 bits per heavy atom. The maximum atomic E-state index is 15.2. The molecule has 4 aromatic rings. The summed E-state index contributed by atoms with van der Waals surface area (Å²) in [4.78, 5) is 46.3. The zero-order valence-electron chi connectivity index (χ0n) is 24.9. The number of nitrogens with one attached hydrogen (secondary N) is 2. The zero-order chi connectivity index (χ0) is 32.4. The van der Waals surface area contributed by atoms with Crippen molar-refractivity contribution in [3.8, 4) is 23.0 Å². The minimum Gasteiger partial charge on any atom is -0.493 e. The van der Waals surface area contributed by atoms with Crippen molar-refractivity contribution < 1.29 is 37.4 Å². The summed E-state index contributed by atoms with van der Waals surface area (Å²) in [6.07, 6.45) is 4.94. The Balaban J connectivity index is 1.15. The number of hydrogen-bond acceptors (Lipinski definition) is 8. The van der Waals surface area contributed by atoms with Gasteiger partial charge < -0.3 is 29.7 Å². The molecular formula is C33H29F2N5O6. The second-order valence-electron chi connectivity index (χ2n) is 10.9. The van der Waals surface area contributed by atoms with E-state index in [4.69, 9.17) is 14.2 Å². The van der Waals surface area contributed by atoms with Gasteiger partial charge in [0.2, 0.25) is 11.8 Å². The summed E-state index contributed by atoms with van der Waals surface area (Å²) in [6.45, 7) is 1.11. The Morgan fingerprint density at radius 3 is 2.20 bits per heavy atom. The van der Waals surface area contributed by atoms with Gasteiger partial charge in [-0.05, 0) is 61.4 Å². The number of pyridine rings is 1. The first-order chi connectivity index (χ1) is 22.1. The van der Waals surface area contributed by atoms with Gasteiger partial charge in [0, 0.05) is 67.6 Å². The number of methoxy groups -OCH3 is 1. The third-order valence-corrected chi connectivity index (χ3v) is 7.74. The molecule has 1 aliphatic carbocycles. The molecular weight excluding hydrogens is 600 g/mol. The van der Waals surface area contributed by atoms with Gasteiger partial charge in [-0.25, -0.2) is 13.6 Å². The predicted molar refractivity (Wildman–Crippen MR) is 165 cm³/mol. The largest absolute Gasteiger partial charge is 0.493 e. The van der Waals surface area contributed by atoms with Crippen LogP contribution < -0.4 is 24.8 Å². The molecule has 2 heterocycles. The first-order valence-electron chi connectivity index (χ1n) is 14.3. The number of anilines is 2. The molecule has 2 N–H and O–H groups in total. The SMILES string of the molecule is COc1cc2c(Oc3ccc(NC(=O)C4(C(=O)Nc5ccc(F)cc5)CC4)cc3F)ccnc2cc1OC(=O)N1C=CN(C)CC1. The Hall–Kier alpha value is -5.72. The van der Waals surface area contributed by atoms with E-state index < -0.39 is 35.0 Å². The highest BCUT2D eigenvalue weighted by atomic mass is 19.1. The molecule has 3 aromatic carbocycles. The van der Waals surface area contributed by atoms with E-state index in [9.17, 15) is 18.8 Å². The van der Waals surface area contributed by atoms with Crippen LogP contribution in [-0.4, -0.2) is 59.9 Å². The Bertz CT molecular complexity index is 1860. The second-order valence-corrected chi connectivity index (χ2v) is 10.9. The summed E-state index contributed by atoms with van der Waals surface area (Å²) < 4.78 is 45.4. The standard InChI is InChI=1S/C33H29F2N5O6/c1-39-13-15-40(16-14-39)32(43)46-29-19-25-23(18-28(29)44-2)26(9-12-36-25)45-27-8-7-22(17-24(27)35)38-31(42)33(10-11-33)30(41)37-21-5-3-20(34)4-6-21/h3-9,12-13,15,17-19H,10-11,14,16H2,1-2H3,(H,37,41)(H,38,42). The highest BCUT2D eigenvalue weighted by Gasteiger charge is 2.56. The summed E-state index contributed by atoms with van der Waals surface area (Å²) in [6, 6.07) is 13.8. The smallest absolute Gasteiger partial charge is 0.419 e. The summed E-state index contributed by atoms with van der Waals surface area (Å²) in [7, 11) is 3.33. The van der Waals surface area contributed by atoms with E-state index in [1.54, 1.807) is 24.5 Å². The number of ether oxygens (including phenoxy) is 3. The molecule has 6 rings (SSSR count). The van der Waals surface area contributed by atoms with Crippen molar-refractivity contribution in [1.82, 2.24) is 14.8 Å². The first-order valence-corrected chi connectivity index (χ1v) is 14.3. The highest BCUT2D eigenvalue weighted by molar-refractivity contribution is 6.16. The monoisotopic (exact) mass is 629 g/mol. The molecule has 1 fully saturated rings. The van der Waals surface area contributed by atoms with E-state index in [2.05, 4.69) is 15.6 Å². The molecule has 3 amide bonds. The number of hydrogen-bond donors (Lipinski definition) is 2. The van der Waals surface area contributed by atoms with Gasteiger partial charge in [-0.3, -0.25) is 19.5 Å². The van der Waals surface area contributed by atoms with Gasteiger partial charge in [0.15, 0.2) is 23.1 Å². The fourth-order valence-electron chi connectivity index (χ4n) is 4.87. The molecule has 13 heteroatoms. The molecule has 0 unspecified atom stereocenters. The molecule has 0 bridgehead atoms. The summed E-state index contributed by atoms with van der Waals surface area (Å²) in [5.74, 6) is -1.78. The minimum atomic E-state index is -1.30. The summed E-state index contributed by atoms with van der Waals surface area (Å²) in [5.41, 5.74) is -0.394. The number of carbonyl (C=O) groups excluding carboxylic acids is 3. The highest BCUT2D eigenvalue weighted by Crippen LogP contribution is 2.47. The molecule has 0 radical (unpaired) electrons. The van der Waals surface area contributed by atoms with Crippen LogP contribution in [0.5, 0.6) is 23.0 Å². The van der Waals surface area contributed by atoms with E-state index in [0.29, 0.717) is 42.5 Å². The maximum Gasteiger partial charge on any atom is 0.419 e. The molecule has 0 atom stereocenters. The van der Waals surface area contributed by atoms with Crippen LogP contribution >= 0.6 is 0 Å². The molecule has 2 aliphatic rings. The van der Waals surface area contributed by atoms with Crippen molar-refractivity contribution in [3.63, 3.8) is 0 Å². The lowest BCUT2D eigenvalue weighted by atomic mass is 10.0. The first kappa shape index (κ1) is 30.3. The number of aromatic nitrogens is 1. The normalized spacial score (nSPS) is 14.9. The molecule has 11 nitrogen and oxygen atoms in total. The van der Waals surface area contributed by atoms with E-state index >= 15 is 4.39 Å². The van der Waals surface area contributed by atoms with Crippen LogP contribution in [0.4, 0.5) is 25.0 Å². The van der Waals surface area contributed by atoms with Crippen molar-refractivity contribution in [1.29, 1.82) is 0 Å². The van der Waals surface area contributed by atoms with Gasteiger partial charge in [0.1, 0.15) is 17.0 Å². The zero-order valence-corrected chi connectivity index (χ0v) is 24.9.